The van der Waals surface area contributed by atoms with Gasteiger partial charge in [0.1, 0.15) is 11.5 Å². The van der Waals surface area contributed by atoms with Crippen molar-refractivity contribution in [2.45, 2.75) is 32.4 Å². The van der Waals surface area contributed by atoms with Gasteiger partial charge in [-0.25, -0.2) is 0 Å². The Morgan fingerprint density at radius 3 is 2.53 bits per heavy atom. The van der Waals surface area contributed by atoms with Crippen LogP contribution in [0, 0.1) is 0 Å². The summed E-state index contributed by atoms with van der Waals surface area (Å²) in [6.45, 7) is 3.84. The molecule has 0 fully saturated rings. The molecule has 0 aliphatic rings. The minimum absolute atomic E-state index is 0.00315. The van der Waals surface area contributed by atoms with E-state index in [9.17, 15) is 4.79 Å². The zero-order chi connectivity index (χ0) is 14.4. The van der Waals surface area contributed by atoms with E-state index in [1.807, 2.05) is 13.8 Å². The molecule has 2 unspecified atom stereocenters. The average Bonchev–Trinajstić information content (AvgIpc) is 2.36. The lowest BCUT2D eigenvalue weighted by atomic mass is 10.1. The van der Waals surface area contributed by atoms with Gasteiger partial charge in [-0.1, -0.05) is 0 Å². The number of rotatable bonds is 6. The second-order valence-electron chi connectivity index (χ2n) is 4.65. The predicted molar refractivity (Wildman–Crippen MR) is 74.7 cm³/mol. The number of carbonyl (C=O) groups is 1. The number of hydrogen-bond acceptors (Lipinski definition) is 4. The number of amides is 1. The van der Waals surface area contributed by atoms with Crippen molar-refractivity contribution in [3.05, 3.63) is 23.8 Å². The van der Waals surface area contributed by atoms with Crippen LogP contribution in [0.3, 0.4) is 0 Å². The van der Waals surface area contributed by atoms with Crippen molar-refractivity contribution in [2.24, 2.45) is 5.73 Å². The summed E-state index contributed by atoms with van der Waals surface area (Å²) in [5.74, 6) is 0.945. The van der Waals surface area contributed by atoms with Gasteiger partial charge in [0.2, 0.25) is 0 Å². The minimum Gasteiger partial charge on any atom is -0.497 e. The molecule has 19 heavy (non-hydrogen) atoms. The highest BCUT2D eigenvalue weighted by molar-refractivity contribution is 5.97. The largest absolute Gasteiger partial charge is 0.497 e. The van der Waals surface area contributed by atoms with Crippen LogP contribution in [0.1, 0.15) is 30.6 Å². The highest BCUT2D eigenvalue weighted by atomic mass is 16.5. The first-order valence-electron chi connectivity index (χ1n) is 6.26. The lowest BCUT2D eigenvalue weighted by molar-refractivity contribution is 0.0934. The van der Waals surface area contributed by atoms with Crippen molar-refractivity contribution in [3.63, 3.8) is 0 Å². The molecule has 106 valence electrons. The van der Waals surface area contributed by atoms with Gasteiger partial charge in [0.25, 0.3) is 5.91 Å². The van der Waals surface area contributed by atoms with E-state index >= 15 is 0 Å². The van der Waals surface area contributed by atoms with E-state index in [-0.39, 0.29) is 18.0 Å². The summed E-state index contributed by atoms with van der Waals surface area (Å²) in [6.07, 6.45) is 0.720. The van der Waals surface area contributed by atoms with Gasteiger partial charge in [-0.05, 0) is 38.5 Å². The Hall–Kier alpha value is -1.75. The van der Waals surface area contributed by atoms with Gasteiger partial charge in [-0.15, -0.1) is 0 Å². The molecule has 5 heteroatoms. The van der Waals surface area contributed by atoms with Crippen LogP contribution in [0.25, 0.3) is 0 Å². The van der Waals surface area contributed by atoms with E-state index in [1.54, 1.807) is 25.3 Å². The van der Waals surface area contributed by atoms with Crippen molar-refractivity contribution < 1.29 is 14.3 Å². The molecule has 1 aromatic rings. The van der Waals surface area contributed by atoms with Crippen LogP contribution >= 0.6 is 0 Å². The Labute approximate surface area is 114 Å². The number of ether oxygens (including phenoxy) is 2. The molecule has 0 bridgehead atoms. The Kier molecular flexibility index (Phi) is 5.63. The molecule has 0 saturated heterocycles. The van der Waals surface area contributed by atoms with Crippen LogP contribution in [0.15, 0.2) is 18.2 Å². The fraction of sp³-hybridized carbons (Fsp3) is 0.500. The number of carbonyl (C=O) groups excluding carboxylic acids is 1. The lowest BCUT2D eigenvalue weighted by Gasteiger charge is -2.17. The van der Waals surface area contributed by atoms with Crippen LogP contribution in [0.2, 0.25) is 0 Å². The van der Waals surface area contributed by atoms with Crippen molar-refractivity contribution >= 4 is 5.91 Å². The number of nitrogens with two attached hydrogens (primary N) is 1. The average molecular weight is 266 g/mol. The SMILES string of the molecule is COc1ccc(OC)c(C(=O)NC(C)CC(C)N)c1. The summed E-state index contributed by atoms with van der Waals surface area (Å²) in [5, 5.41) is 2.90. The zero-order valence-corrected chi connectivity index (χ0v) is 11.9. The Morgan fingerprint density at radius 1 is 1.32 bits per heavy atom. The van der Waals surface area contributed by atoms with Crippen LogP contribution in [-0.4, -0.2) is 32.2 Å². The Balaban J connectivity index is 2.85. The van der Waals surface area contributed by atoms with Gasteiger partial charge in [0, 0.05) is 12.1 Å². The van der Waals surface area contributed by atoms with Gasteiger partial charge < -0.3 is 20.5 Å². The fourth-order valence-electron chi connectivity index (χ4n) is 1.91. The van der Waals surface area contributed by atoms with E-state index in [1.165, 1.54) is 7.11 Å². The summed E-state index contributed by atoms with van der Waals surface area (Å²) in [6, 6.07) is 5.17. The van der Waals surface area contributed by atoms with Crippen LogP contribution in [-0.2, 0) is 0 Å². The van der Waals surface area contributed by atoms with E-state index in [0.717, 1.165) is 6.42 Å². The van der Waals surface area contributed by atoms with Gasteiger partial charge in [0.15, 0.2) is 0 Å². The number of methoxy groups -OCH3 is 2. The third-order valence-electron chi connectivity index (χ3n) is 2.75. The number of benzene rings is 1. The third-order valence-corrected chi connectivity index (χ3v) is 2.75. The molecule has 1 aromatic carbocycles. The molecular weight excluding hydrogens is 244 g/mol. The van der Waals surface area contributed by atoms with Gasteiger partial charge in [-0.3, -0.25) is 4.79 Å². The van der Waals surface area contributed by atoms with E-state index in [4.69, 9.17) is 15.2 Å². The standard InChI is InChI=1S/C14H22N2O3/c1-9(15)7-10(2)16-14(17)12-8-11(18-3)5-6-13(12)19-4/h5-6,8-10H,7,15H2,1-4H3,(H,16,17). The minimum atomic E-state index is -0.191. The molecule has 0 aromatic heterocycles. The normalized spacial score (nSPS) is 13.5. The molecule has 3 N–H and O–H groups in total. The number of nitrogens with one attached hydrogen (secondary N) is 1. The lowest BCUT2D eigenvalue weighted by Crippen LogP contribution is -2.36. The van der Waals surface area contributed by atoms with Crippen LogP contribution in [0.4, 0.5) is 0 Å². The Morgan fingerprint density at radius 2 is 2.00 bits per heavy atom. The smallest absolute Gasteiger partial charge is 0.255 e. The van der Waals surface area contributed by atoms with E-state index in [0.29, 0.717) is 17.1 Å². The molecule has 0 aliphatic carbocycles. The molecule has 1 amide bonds. The first-order valence-corrected chi connectivity index (χ1v) is 6.26. The molecule has 0 spiro atoms. The summed E-state index contributed by atoms with van der Waals surface area (Å²) in [5.41, 5.74) is 6.17. The maximum absolute atomic E-state index is 12.2. The zero-order valence-electron chi connectivity index (χ0n) is 11.9. The number of hydrogen-bond donors (Lipinski definition) is 2. The molecule has 2 atom stereocenters. The van der Waals surface area contributed by atoms with Crippen molar-refractivity contribution in [2.75, 3.05) is 14.2 Å². The van der Waals surface area contributed by atoms with E-state index < -0.39 is 0 Å². The summed E-state index contributed by atoms with van der Waals surface area (Å²) < 4.78 is 10.3. The highest BCUT2D eigenvalue weighted by Gasteiger charge is 2.16. The molecular formula is C14H22N2O3. The van der Waals surface area contributed by atoms with Crippen molar-refractivity contribution in [1.29, 1.82) is 0 Å². The summed E-state index contributed by atoms with van der Waals surface area (Å²) in [7, 11) is 3.09. The highest BCUT2D eigenvalue weighted by Crippen LogP contribution is 2.23. The summed E-state index contributed by atoms with van der Waals surface area (Å²) >= 11 is 0. The predicted octanol–water partition coefficient (Wildman–Crippen LogP) is 1.56. The molecule has 0 aliphatic heterocycles. The van der Waals surface area contributed by atoms with Gasteiger partial charge >= 0.3 is 0 Å². The monoisotopic (exact) mass is 266 g/mol. The molecule has 0 saturated carbocycles. The summed E-state index contributed by atoms with van der Waals surface area (Å²) in [4.78, 5) is 12.2. The second kappa shape index (κ2) is 6.99. The molecule has 0 heterocycles. The molecule has 0 radical (unpaired) electrons. The van der Waals surface area contributed by atoms with Crippen molar-refractivity contribution in [3.8, 4) is 11.5 Å². The van der Waals surface area contributed by atoms with Crippen LogP contribution in [0.5, 0.6) is 11.5 Å². The van der Waals surface area contributed by atoms with Gasteiger partial charge in [0.05, 0.1) is 19.8 Å². The third kappa shape index (κ3) is 4.44. The first kappa shape index (κ1) is 15.3. The maximum atomic E-state index is 12.2. The van der Waals surface area contributed by atoms with E-state index in [2.05, 4.69) is 5.32 Å². The first-order chi connectivity index (χ1) is 8.97. The maximum Gasteiger partial charge on any atom is 0.255 e. The second-order valence-corrected chi connectivity index (χ2v) is 4.65. The molecule has 1 rings (SSSR count). The molecule has 5 nitrogen and oxygen atoms in total. The van der Waals surface area contributed by atoms with Crippen LogP contribution < -0.4 is 20.5 Å². The van der Waals surface area contributed by atoms with Crippen molar-refractivity contribution in [1.82, 2.24) is 5.32 Å². The quantitative estimate of drug-likeness (QED) is 0.819. The van der Waals surface area contributed by atoms with Gasteiger partial charge in [-0.2, -0.15) is 0 Å². The fourth-order valence-corrected chi connectivity index (χ4v) is 1.91. The Bertz CT molecular complexity index is 433. The topological polar surface area (TPSA) is 73.6 Å².